The zero-order chi connectivity index (χ0) is 57.5. The van der Waals surface area contributed by atoms with Crippen LogP contribution in [0.5, 0.6) is 0 Å². The molecule has 0 saturated carbocycles. The Hall–Kier alpha value is -2.28. The molecule has 0 spiro atoms. The Bertz CT molecular complexity index is 1180. The Morgan fingerprint density at radius 1 is 0.269 bits per heavy atom. The van der Waals surface area contributed by atoms with Crippen LogP contribution in [-0.2, 0) is 38.1 Å². The van der Waals surface area contributed by atoms with Crippen molar-refractivity contribution in [3.05, 3.63) is 0 Å². The number of aliphatic hydroxyl groups is 1. The van der Waals surface area contributed by atoms with E-state index < -0.39 is 0 Å². The average molecular weight is 1110 g/mol. The van der Waals surface area contributed by atoms with Gasteiger partial charge in [-0.15, -0.1) is 0 Å². The fourth-order valence-electron chi connectivity index (χ4n) is 10.7. The zero-order valence-corrected chi connectivity index (χ0v) is 52.7. The predicted octanol–water partition coefficient (Wildman–Crippen LogP) is 15.7. The molecule has 78 heavy (non-hydrogen) atoms. The maximum absolute atomic E-state index is 13.5. The predicted molar refractivity (Wildman–Crippen MR) is 326 cm³/mol. The highest BCUT2D eigenvalue weighted by molar-refractivity contribution is 5.73. The summed E-state index contributed by atoms with van der Waals surface area (Å²) in [5.74, 6) is -0.502. The number of rotatable bonds is 60. The van der Waals surface area contributed by atoms with Gasteiger partial charge in [-0.1, -0.05) is 209 Å². The van der Waals surface area contributed by atoms with Gasteiger partial charge in [0.15, 0.2) is 0 Å². The number of unbranched alkanes of at least 4 members (excludes halogenated alkanes) is 17. The lowest BCUT2D eigenvalue weighted by atomic mass is 9.95. The van der Waals surface area contributed by atoms with Crippen molar-refractivity contribution in [2.24, 2.45) is 23.7 Å². The lowest BCUT2D eigenvalue weighted by molar-refractivity contribution is -0.151. The summed E-state index contributed by atoms with van der Waals surface area (Å²) in [4.78, 5) is 61.0. The minimum absolute atomic E-state index is 0.0527. The summed E-state index contributed by atoms with van der Waals surface area (Å²) in [6.45, 7) is 25.5. The Balaban J connectivity index is 6.14. The highest BCUT2D eigenvalue weighted by Gasteiger charge is 2.24. The number of carbonyl (C=O) groups excluding carboxylic acids is 4. The lowest BCUT2D eigenvalue weighted by Gasteiger charge is -2.28. The molecule has 0 radical (unpaired) electrons. The minimum atomic E-state index is -0.0727. The maximum Gasteiger partial charge on any atom is 0.308 e. The number of esters is 4. The molecule has 4 unspecified atom stereocenters. The Morgan fingerprint density at radius 3 is 0.718 bits per heavy atom. The van der Waals surface area contributed by atoms with E-state index in [0.717, 1.165) is 213 Å². The van der Waals surface area contributed by atoms with Crippen LogP contribution in [0.1, 0.15) is 287 Å². The van der Waals surface area contributed by atoms with Crippen LogP contribution in [-0.4, -0.2) is 136 Å². The smallest absolute Gasteiger partial charge is 0.308 e. The molecule has 0 aromatic carbocycles. The molecule has 0 amide bonds. The number of nitrogens with zero attached hydrogens (tertiary/aromatic N) is 3. The van der Waals surface area contributed by atoms with Gasteiger partial charge in [-0.25, -0.2) is 0 Å². The highest BCUT2D eigenvalue weighted by Crippen LogP contribution is 2.23. The Kier molecular flexibility index (Phi) is 54.9. The molecule has 12 heteroatoms. The first-order valence-corrected chi connectivity index (χ1v) is 33.5. The topological polar surface area (TPSA) is 135 Å². The van der Waals surface area contributed by atoms with Crippen LogP contribution in [0.4, 0.5) is 0 Å². The van der Waals surface area contributed by atoms with E-state index in [1.165, 1.54) is 51.4 Å². The van der Waals surface area contributed by atoms with Gasteiger partial charge in [0.25, 0.3) is 0 Å². The summed E-state index contributed by atoms with van der Waals surface area (Å²) in [6, 6.07) is 0. The Morgan fingerprint density at radius 2 is 0.487 bits per heavy atom. The van der Waals surface area contributed by atoms with E-state index in [2.05, 4.69) is 70.1 Å². The number of carbonyl (C=O) groups is 4. The number of hydrogen-bond acceptors (Lipinski definition) is 12. The number of aliphatic hydroxyl groups excluding tert-OH is 1. The Labute approximate surface area is 482 Å². The molecule has 0 aromatic rings. The molecule has 4 atom stereocenters. The summed E-state index contributed by atoms with van der Waals surface area (Å²) in [6.07, 6.45) is 37.1. The molecule has 462 valence electrons. The van der Waals surface area contributed by atoms with E-state index in [0.29, 0.717) is 52.6 Å². The van der Waals surface area contributed by atoms with Gasteiger partial charge in [-0.2, -0.15) is 0 Å². The largest absolute Gasteiger partial charge is 0.464 e. The van der Waals surface area contributed by atoms with Crippen molar-refractivity contribution in [1.82, 2.24) is 14.7 Å². The van der Waals surface area contributed by atoms with Gasteiger partial charge in [0, 0.05) is 32.8 Å². The first-order valence-electron chi connectivity index (χ1n) is 33.5. The van der Waals surface area contributed by atoms with Gasteiger partial charge in [0.2, 0.25) is 0 Å². The number of hydrogen-bond donors (Lipinski definition) is 1. The highest BCUT2D eigenvalue weighted by atomic mass is 16.5. The summed E-state index contributed by atoms with van der Waals surface area (Å²) >= 11 is 0. The van der Waals surface area contributed by atoms with Crippen LogP contribution in [0.2, 0.25) is 0 Å². The molecular formula is C66H129N3O9. The van der Waals surface area contributed by atoms with E-state index in [-0.39, 0.29) is 54.2 Å². The lowest BCUT2D eigenvalue weighted by Crippen LogP contribution is -2.37. The van der Waals surface area contributed by atoms with Crippen LogP contribution < -0.4 is 0 Å². The third-order valence-electron chi connectivity index (χ3n) is 16.0. The van der Waals surface area contributed by atoms with Crippen molar-refractivity contribution in [1.29, 1.82) is 0 Å². The van der Waals surface area contributed by atoms with Gasteiger partial charge in [0.1, 0.15) is 26.4 Å². The van der Waals surface area contributed by atoms with Gasteiger partial charge in [-0.05, 0) is 110 Å². The second kappa shape index (κ2) is 56.6. The fraction of sp³-hybridized carbons (Fsp3) is 0.939. The van der Waals surface area contributed by atoms with Crippen molar-refractivity contribution in [3.8, 4) is 0 Å². The second-order valence-corrected chi connectivity index (χ2v) is 23.1. The third-order valence-corrected chi connectivity index (χ3v) is 16.0. The summed E-state index contributed by atoms with van der Waals surface area (Å²) in [7, 11) is 0. The van der Waals surface area contributed by atoms with E-state index in [1.54, 1.807) is 0 Å². The molecule has 0 fully saturated rings. The van der Waals surface area contributed by atoms with Gasteiger partial charge >= 0.3 is 23.9 Å². The molecule has 0 aromatic heterocycles. The fourth-order valence-corrected chi connectivity index (χ4v) is 10.7. The maximum atomic E-state index is 13.5. The second-order valence-electron chi connectivity index (χ2n) is 23.1. The van der Waals surface area contributed by atoms with Gasteiger partial charge in [-0.3, -0.25) is 29.0 Å². The molecular weight excluding hydrogens is 979 g/mol. The average Bonchev–Trinajstić information content (AvgIpc) is 3.43. The molecule has 0 saturated heterocycles. The van der Waals surface area contributed by atoms with Gasteiger partial charge < -0.3 is 29.0 Å². The monoisotopic (exact) mass is 1110 g/mol. The molecule has 0 rings (SSSR count). The van der Waals surface area contributed by atoms with Gasteiger partial charge in [0.05, 0.1) is 23.7 Å². The van der Waals surface area contributed by atoms with E-state index in [9.17, 15) is 24.3 Å². The van der Waals surface area contributed by atoms with Crippen molar-refractivity contribution in [2.45, 2.75) is 287 Å². The third kappa shape index (κ3) is 43.5. The van der Waals surface area contributed by atoms with E-state index in [1.807, 2.05) is 0 Å². The van der Waals surface area contributed by atoms with Crippen LogP contribution in [0.25, 0.3) is 0 Å². The van der Waals surface area contributed by atoms with Crippen LogP contribution in [0.15, 0.2) is 0 Å². The van der Waals surface area contributed by atoms with Crippen molar-refractivity contribution >= 4 is 23.9 Å². The minimum Gasteiger partial charge on any atom is -0.464 e. The molecule has 0 aliphatic carbocycles. The molecule has 0 bridgehead atoms. The normalized spacial score (nSPS) is 13.3. The molecule has 1 N–H and O–H groups in total. The van der Waals surface area contributed by atoms with Crippen LogP contribution in [0.3, 0.4) is 0 Å². The molecule has 0 heterocycles. The quantitative estimate of drug-likeness (QED) is 0.0353. The first kappa shape index (κ1) is 75.7. The zero-order valence-electron chi connectivity index (χ0n) is 52.7. The van der Waals surface area contributed by atoms with Crippen LogP contribution >= 0.6 is 0 Å². The van der Waals surface area contributed by atoms with Crippen molar-refractivity contribution in [3.63, 3.8) is 0 Å². The summed E-state index contributed by atoms with van der Waals surface area (Å²) in [5, 5.41) is 9.75. The summed E-state index contributed by atoms with van der Waals surface area (Å²) in [5.41, 5.74) is 0. The summed E-state index contributed by atoms with van der Waals surface area (Å²) < 4.78 is 24.1. The van der Waals surface area contributed by atoms with Crippen molar-refractivity contribution in [2.75, 3.05) is 91.9 Å². The van der Waals surface area contributed by atoms with Crippen LogP contribution in [0, 0.1) is 23.7 Å². The SMILES string of the molecule is CCCCCCC(CCCC)C(=O)OCCN(CCCN(CCCCO)CCCN(CCOC(=O)C(CCCC)CCCCCC)CCOC(=O)C(CCCC)CCCCCC)CCOC(=O)C(CCCC)CCCCCC. The van der Waals surface area contributed by atoms with E-state index >= 15 is 0 Å². The molecule has 0 aliphatic heterocycles. The standard InChI is InChI=1S/C66H129N3O9/c1-9-17-25-29-41-59(37-21-13-5)63(71)75-55-50-68(51-56-76-64(72)60(38-22-14-6)42-30-26-18-10-2)48-35-46-67(45-33-34-54-70)47-36-49-69(52-57-77-65(73)61(39-23-15-7)43-31-27-19-11-3)53-58-78-66(74)62(40-24-16-8)44-32-28-20-12-4/h59-62,70H,9-58H2,1-8H3. The van der Waals surface area contributed by atoms with Crippen molar-refractivity contribution < 1.29 is 43.2 Å². The van der Waals surface area contributed by atoms with E-state index in [4.69, 9.17) is 18.9 Å². The first-order chi connectivity index (χ1) is 38.1. The number of ether oxygens (including phenoxy) is 4. The molecule has 0 aliphatic rings. The molecule has 12 nitrogen and oxygen atoms in total.